The van der Waals surface area contributed by atoms with Gasteiger partial charge in [-0.1, -0.05) is 0 Å². The number of sulfone groups is 1. The Kier molecular flexibility index (Phi) is 4.66. The van der Waals surface area contributed by atoms with Gasteiger partial charge in [0.1, 0.15) is 21.3 Å². The molecule has 0 spiro atoms. The van der Waals surface area contributed by atoms with E-state index in [4.69, 9.17) is 4.74 Å². The summed E-state index contributed by atoms with van der Waals surface area (Å²) in [7, 11) is -2.94. The van der Waals surface area contributed by atoms with Crippen molar-refractivity contribution < 1.29 is 18.1 Å². The first-order chi connectivity index (χ1) is 9.91. The van der Waals surface area contributed by atoms with Gasteiger partial charge in [0.2, 0.25) is 0 Å². The Labute approximate surface area is 123 Å². The molecule has 1 N–H and O–H groups in total. The Morgan fingerprint density at radius 2 is 2.05 bits per heavy atom. The zero-order chi connectivity index (χ0) is 15.5. The molecular weight excluding hydrogens is 296 g/mol. The van der Waals surface area contributed by atoms with Crippen molar-refractivity contribution in [1.82, 2.24) is 0 Å². The number of nitrogens with one attached hydrogen (secondary N) is 1. The lowest BCUT2D eigenvalue weighted by Crippen LogP contribution is -2.32. The van der Waals surface area contributed by atoms with Crippen LogP contribution in [0.4, 0.5) is 11.4 Å². The number of nitro benzene ring substituents is 1. The van der Waals surface area contributed by atoms with Crippen molar-refractivity contribution in [3.8, 4) is 5.75 Å². The van der Waals surface area contributed by atoms with Crippen LogP contribution < -0.4 is 10.1 Å². The third-order valence-electron chi connectivity index (χ3n) is 3.39. The summed E-state index contributed by atoms with van der Waals surface area (Å²) < 4.78 is 28.0. The first kappa shape index (κ1) is 15.6. The summed E-state index contributed by atoms with van der Waals surface area (Å²) in [6.45, 7) is 2.24. The van der Waals surface area contributed by atoms with E-state index in [2.05, 4.69) is 5.32 Å². The number of benzene rings is 1. The monoisotopic (exact) mass is 314 g/mol. The summed E-state index contributed by atoms with van der Waals surface area (Å²) in [5.41, 5.74) is 0.335. The molecule has 0 radical (unpaired) electrons. The van der Waals surface area contributed by atoms with Crippen molar-refractivity contribution in [3.05, 3.63) is 28.3 Å². The minimum Gasteiger partial charge on any atom is -0.494 e. The third-order valence-corrected chi connectivity index (χ3v) is 5.11. The minimum absolute atomic E-state index is 0.0608. The van der Waals surface area contributed by atoms with Crippen LogP contribution in [0, 0.1) is 10.1 Å². The first-order valence-electron chi connectivity index (χ1n) is 6.79. The lowest BCUT2D eigenvalue weighted by molar-refractivity contribution is -0.384. The predicted octanol–water partition coefficient (Wildman–Crippen LogP) is 1.98. The number of nitrogens with zero attached hydrogens (tertiary/aromatic N) is 1. The molecule has 1 aromatic carbocycles. The van der Waals surface area contributed by atoms with Crippen molar-refractivity contribution >= 4 is 21.2 Å². The van der Waals surface area contributed by atoms with Crippen LogP contribution in [-0.2, 0) is 9.84 Å². The van der Waals surface area contributed by atoms with E-state index in [0.29, 0.717) is 30.9 Å². The Hall–Kier alpha value is -1.83. The van der Waals surface area contributed by atoms with Gasteiger partial charge in [-0.05, 0) is 31.9 Å². The molecule has 0 aliphatic carbocycles. The zero-order valence-electron chi connectivity index (χ0n) is 11.7. The van der Waals surface area contributed by atoms with Crippen LogP contribution in [0.25, 0.3) is 0 Å². The molecule has 0 atom stereocenters. The number of rotatable bonds is 5. The Bertz CT molecular complexity index is 615. The van der Waals surface area contributed by atoms with Gasteiger partial charge in [-0.3, -0.25) is 10.1 Å². The fourth-order valence-corrected chi connectivity index (χ4v) is 3.79. The van der Waals surface area contributed by atoms with Gasteiger partial charge in [0, 0.05) is 6.04 Å². The van der Waals surface area contributed by atoms with Gasteiger partial charge in [0.25, 0.3) is 5.69 Å². The summed E-state index contributed by atoms with van der Waals surface area (Å²) >= 11 is 0. The molecule has 1 fully saturated rings. The highest BCUT2D eigenvalue weighted by Gasteiger charge is 2.25. The number of ether oxygens (including phenoxy) is 1. The standard InChI is InChI=1S/C13H18N2O5S/c1-2-20-11-3-4-12(13(9-11)15(16)17)14-10-5-7-21(18,19)8-6-10/h3-4,9-10,14H,2,5-8H2,1H3. The van der Waals surface area contributed by atoms with E-state index in [9.17, 15) is 18.5 Å². The van der Waals surface area contributed by atoms with E-state index in [0.717, 1.165) is 0 Å². The molecule has 1 heterocycles. The van der Waals surface area contributed by atoms with Crippen molar-refractivity contribution in [2.45, 2.75) is 25.8 Å². The minimum atomic E-state index is -2.94. The van der Waals surface area contributed by atoms with Crippen LogP contribution in [-0.4, -0.2) is 37.5 Å². The lowest BCUT2D eigenvalue weighted by atomic mass is 10.1. The molecule has 21 heavy (non-hydrogen) atoms. The van der Waals surface area contributed by atoms with Crippen molar-refractivity contribution in [2.24, 2.45) is 0 Å². The summed E-state index contributed by atoms with van der Waals surface area (Å²) in [6, 6.07) is 4.58. The fourth-order valence-electron chi connectivity index (χ4n) is 2.30. The zero-order valence-corrected chi connectivity index (χ0v) is 12.6. The summed E-state index contributed by atoms with van der Waals surface area (Å²) in [5, 5.41) is 14.2. The SMILES string of the molecule is CCOc1ccc(NC2CCS(=O)(=O)CC2)c([N+](=O)[O-])c1. The van der Waals surface area contributed by atoms with Crippen LogP contribution in [0.3, 0.4) is 0 Å². The second-order valence-corrected chi connectivity index (χ2v) is 7.24. The van der Waals surface area contributed by atoms with E-state index in [1.54, 1.807) is 19.1 Å². The predicted molar refractivity (Wildman–Crippen MR) is 79.6 cm³/mol. The van der Waals surface area contributed by atoms with Gasteiger partial charge in [-0.15, -0.1) is 0 Å². The smallest absolute Gasteiger partial charge is 0.296 e. The van der Waals surface area contributed by atoms with Gasteiger partial charge in [0.15, 0.2) is 0 Å². The molecule has 116 valence electrons. The molecule has 7 nitrogen and oxygen atoms in total. The number of hydrogen-bond acceptors (Lipinski definition) is 6. The maximum Gasteiger partial charge on any atom is 0.296 e. The van der Waals surface area contributed by atoms with Gasteiger partial charge >= 0.3 is 0 Å². The summed E-state index contributed by atoms with van der Waals surface area (Å²) in [6.07, 6.45) is 0.930. The molecule has 1 aliphatic heterocycles. The van der Waals surface area contributed by atoms with E-state index < -0.39 is 14.8 Å². The Balaban J connectivity index is 2.14. The number of nitro groups is 1. The quantitative estimate of drug-likeness (QED) is 0.659. The van der Waals surface area contributed by atoms with Crippen LogP contribution in [0.5, 0.6) is 5.75 Å². The average Bonchev–Trinajstić information content (AvgIpc) is 2.43. The highest BCUT2D eigenvalue weighted by atomic mass is 32.2. The Morgan fingerprint density at radius 1 is 1.38 bits per heavy atom. The lowest BCUT2D eigenvalue weighted by Gasteiger charge is -2.24. The van der Waals surface area contributed by atoms with Crippen LogP contribution in [0.2, 0.25) is 0 Å². The second kappa shape index (κ2) is 6.30. The van der Waals surface area contributed by atoms with Crippen LogP contribution in [0.1, 0.15) is 19.8 Å². The van der Waals surface area contributed by atoms with Crippen LogP contribution in [0.15, 0.2) is 18.2 Å². The first-order valence-corrected chi connectivity index (χ1v) is 8.61. The maximum atomic E-state index is 11.4. The fraction of sp³-hybridized carbons (Fsp3) is 0.538. The third kappa shape index (κ3) is 4.07. The maximum absolute atomic E-state index is 11.4. The van der Waals surface area contributed by atoms with Gasteiger partial charge < -0.3 is 10.1 Å². The van der Waals surface area contributed by atoms with Crippen LogP contribution >= 0.6 is 0 Å². The molecule has 0 amide bonds. The number of hydrogen-bond donors (Lipinski definition) is 1. The molecule has 0 saturated carbocycles. The molecule has 0 aromatic heterocycles. The van der Waals surface area contributed by atoms with E-state index in [1.807, 2.05) is 0 Å². The molecule has 0 bridgehead atoms. The molecule has 1 aliphatic rings. The van der Waals surface area contributed by atoms with Gasteiger partial charge in [0.05, 0.1) is 29.1 Å². The average molecular weight is 314 g/mol. The molecular formula is C13H18N2O5S. The normalized spacial score (nSPS) is 18.1. The van der Waals surface area contributed by atoms with Gasteiger partial charge in [-0.2, -0.15) is 0 Å². The van der Waals surface area contributed by atoms with E-state index >= 15 is 0 Å². The summed E-state index contributed by atoms with van der Waals surface area (Å²) in [5.74, 6) is 0.686. The molecule has 2 rings (SSSR count). The summed E-state index contributed by atoms with van der Waals surface area (Å²) in [4.78, 5) is 10.7. The highest BCUT2D eigenvalue weighted by molar-refractivity contribution is 7.91. The molecule has 1 aromatic rings. The number of anilines is 1. The second-order valence-electron chi connectivity index (χ2n) is 4.94. The molecule has 0 unspecified atom stereocenters. The molecule has 1 saturated heterocycles. The van der Waals surface area contributed by atoms with Crippen molar-refractivity contribution in [1.29, 1.82) is 0 Å². The molecule has 8 heteroatoms. The van der Waals surface area contributed by atoms with E-state index in [-0.39, 0.29) is 23.2 Å². The Morgan fingerprint density at radius 3 is 2.62 bits per heavy atom. The van der Waals surface area contributed by atoms with Crippen molar-refractivity contribution in [2.75, 3.05) is 23.4 Å². The van der Waals surface area contributed by atoms with Crippen molar-refractivity contribution in [3.63, 3.8) is 0 Å². The largest absolute Gasteiger partial charge is 0.494 e. The van der Waals surface area contributed by atoms with Gasteiger partial charge in [-0.25, -0.2) is 8.42 Å². The highest BCUT2D eigenvalue weighted by Crippen LogP contribution is 2.31. The topological polar surface area (TPSA) is 98.5 Å². The van der Waals surface area contributed by atoms with E-state index in [1.165, 1.54) is 6.07 Å².